The molecule has 3 N–H and O–H groups in total. The quantitative estimate of drug-likeness (QED) is 0.637. The fourth-order valence-electron chi connectivity index (χ4n) is 1.46. The van der Waals surface area contributed by atoms with Crippen molar-refractivity contribution in [2.45, 2.75) is 6.54 Å². The lowest BCUT2D eigenvalue weighted by Gasteiger charge is -2.15. The van der Waals surface area contributed by atoms with Crippen LogP contribution >= 0.6 is 11.3 Å². The van der Waals surface area contributed by atoms with Crippen molar-refractivity contribution in [3.63, 3.8) is 0 Å². The number of pyridine rings is 1. The number of hydrazine groups is 1. The normalized spacial score (nSPS) is 10.1. The second-order valence-corrected chi connectivity index (χ2v) is 4.41. The van der Waals surface area contributed by atoms with Crippen molar-refractivity contribution < 1.29 is 4.79 Å². The van der Waals surface area contributed by atoms with E-state index in [0.29, 0.717) is 18.1 Å². The molecular weight excluding hydrogens is 250 g/mol. The van der Waals surface area contributed by atoms with Gasteiger partial charge >= 0.3 is 0 Å². The standard InChI is InChI=1S/C11H13N5OS/c1-16(5-8-6-18-7-13-8)11(17)9-3-2-4-10(14-9)15-12/h2-4,6-7H,5,12H2,1H3,(H,14,15). The molecule has 0 unspecified atom stereocenters. The third kappa shape index (κ3) is 2.82. The Kier molecular flexibility index (Phi) is 3.85. The number of amides is 1. The lowest BCUT2D eigenvalue weighted by atomic mass is 10.3. The highest BCUT2D eigenvalue weighted by Crippen LogP contribution is 2.09. The molecule has 0 fully saturated rings. The van der Waals surface area contributed by atoms with Gasteiger partial charge in [-0.2, -0.15) is 0 Å². The van der Waals surface area contributed by atoms with Crippen molar-refractivity contribution in [2.75, 3.05) is 12.5 Å². The van der Waals surface area contributed by atoms with Crippen LogP contribution < -0.4 is 11.3 Å². The van der Waals surface area contributed by atoms with E-state index in [4.69, 9.17) is 5.84 Å². The molecule has 1 amide bonds. The number of thiazole rings is 1. The van der Waals surface area contributed by atoms with Crippen LogP contribution in [0.25, 0.3) is 0 Å². The maximum Gasteiger partial charge on any atom is 0.272 e. The molecule has 0 atom stereocenters. The highest BCUT2D eigenvalue weighted by atomic mass is 32.1. The van der Waals surface area contributed by atoms with Crippen LogP contribution in [0.3, 0.4) is 0 Å². The topological polar surface area (TPSA) is 84.1 Å². The highest BCUT2D eigenvalue weighted by molar-refractivity contribution is 7.07. The second-order valence-electron chi connectivity index (χ2n) is 3.69. The fourth-order valence-corrected chi connectivity index (χ4v) is 2.01. The summed E-state index contributed by atoms with van der Waals surface area (Å²) in [6.07, 6.45) is 0. The lowest BCUT2D eigenvalue weighted by molar-refractivity contribution is 0.0778. The molecule has 7 heteroatoms. The van der Waals surface area contributed by atoms with Crippen molar-refractivity contribution >= 4 is 23.1 Å². The third-order valence-corrected chi connectivity index (χ3v) is 2.98. The zero-order chi connectivity index (χ0) is 13.0. The Morgan fingerprint density at radius 3 is 3.06 bits per heavy atom. The van der Waals surface area contributed by atoms with Crippen LogP contribution in [0.4, 0.5) is 5.82 Å². The van der Waals surface area contributed by atoms with Gasteiger partial charge in [0.25, 0.3) is 5.91 Å². The molecular formula is C11H13N5OS. The van der Waals surface area contributed by atoms with Crippen molar-refractivity contribution in [2.24, 2.45) is 5.84 Å². The van der Waals surface area contributed by atoms with Gasteiger partial charge in [0.15, 0.2) is 0 Å². The summed E-state index contributed by atoms with van der Waals surface area (Å²) in [5.41, 5.74) is 5.37. The van der Waals surface area contributed by atoms with E-state index in [0.717, 1.165) is 5.69 Å². The van der Waals surface area contributed by atoms with Gasteiger partial charge < -0.3 is 10.3 Å². The van der Waals surface area contributed by atoms with Gasteiger partial charge in [0.05, 0.1) is 17.7 Å². The molecule has 0 radical (unpaired) electrons. The summed E-state index contributed by atoms with van der Waals surface area (Å²) in [5.74, 6) is 5.55. The van der Waals surface area contributed by atoms with Crippen LogP contribution in [-0.2, 0) is 6.54 Å². The number of carbonyl (C=O) groups excluding carboxylic acids is 1. The molecule has 2 heterocycles. The first kappa shape index (κ1) is 12.5. The first-order chi connectivity index (χ1) is 8.70. The highest BCUT2D eigenvalue weighted by Gasteiger charge is 2.14. The van der Waals surface area contributed by atoms with Crippen molar-refractivity contribution in [1.29, 1.82) is 0 Å². The molecule has 94 valence electrons. The number of rotatable bonds is 4. The van der Waals surface area contributed by atoms with Crippen LogP contribution in [0.1, 0.15) is 16.2 Å². The van der Waals surface area contributed by atoms with Crippen LogP contribution in [0.2, 0.25) is 0 Å². The average molecular weight is 263 g/mol. The number of hydrogen-bond acceptors (Lipinski definition) is 6. The average Bonchev–Trinajstić information content (AvgIpc) is 2.90. The molecule has 18 heavy (non-hydrogen) atoms. The van der Waals surface area contributed by atoms with Crippen molar-refractivity contribution in [3.05, 3.63) is 40.5 Å². The predicted octanol–water partition coefficient (Wildman–Crippen LogP) is 1.10. The Hall–Kier alpha value is -1.99. The van der Waals surface area contributed by atoms with Gasteiger partial charge in [-0.1, -0.05) is 6.07 Å². The van der Waals surface area contributed by atoms with E-state index >= 15 is 0 Å². The maximum atomic E-state index is 12.1. The molecule has 0 saturated heterocycles. The molecule has 0 aromatic carbocycles. The Morgan fingerprint density at radius 1 is 1.56 bits per heavy atom. The van der Waals surface area contributed by atoms with Gasteiger partial charge in [-0.05, 0) is 12.1 Å². The summed E-state index contributed by atoms with van der Waals surface area (Å²) in [5, 5.41) is 1.91. The number of carbonyl (C=O) groups is 1. The molecule has 0 aliphatic rings. The molecule has 2 aromatic heterocycles. The minimum absolute atomic E-state index is 0.167. The van der Waals surface area contributed by atoms with Gasteiger partial charge in [-0.15, -0.1) is 11.3 Å². The van der Waals surface area contributed by atoms with Crippen LogP contribution in [0.15, 0.2) is 29.1 Å². The molecule has 0 spiro atoms. The predicted molar refractivity (Wildman–Crippen MR) is 70.0 cm³/mol. The van der Waals surface area contributed by atoms with E-state index in [1.54, 1.807) is 35.7 Å². The number of nitrogens with two attached hydrogens (primary N) is 1. The van der Waals surface area contributed by atoms with Crippen LogP contribution in [0.5, 0.6) is 0 Å². The van der Waals surface area contributed by atoms with Gasteiger partial charge in [0.1, 0.15) is 11.5 Å². The number of nitrogens with one attached hydrogen (secondary N) is 1. The summed E-state index contributed by atoms with van der Waals surface area (Å²) in [7, 11) is 1.71. The summed E-state index contributed by atoms with van der Waals surface area (Å²) < 4.78 is 0. The molecule has 0 aliphatic carbocycles. The minimum atomic E-state index is -0.167. The summed E-state index contributed by atoms with van der Waals surface area (Å²) >= 11 is 1.50. The zero-order valence-corrected chi connectivity index (χ0v) is 10.6. The first-order valence-electron chi connectivity index (χ1n) is 5.27. The third-order valence-electron chi connectivity index (χ3n) is 2.35. The number of hydrogen-bond donors (Lipinski definition) is 2. The second kappa shape index (κ2) is 5.56. The van der Waals surface area contributed by atoms with E-state index < -0.39 is 0 Å². The summed E-state index contributed by atoms with van der Waals surface area (Å²) in [6, 6.07) is 5.07. The fraction of sp³-hybridized carbons (Fsp3) is 0.182. The summed E-state index contributed by atoms with van der Waals surface area (Å²) in [4.78, 5) is 21.9. The molecule has 2 rings (SSSR count). The van der Waals surface area contributed by atoms with Crippen molar-refractivity contribution in [3.8, 4) is 0 Å². The molecule has 6 nitrogen and oxygen atoms in total. The lowest BCUT2D eigenvalue weighted by Crippen LogP contribution is -2.27. The van der Waals surface area contributed by atoms with Gasteiger partial charge in [0.2, 0.25) is 0 Å². The molecule has 2 aromatic rings. The van der Waals surface area contributed by atoms with Gasteiger partial charge in [-0.3, -0.25) is 4.79 Å². The van der Waals surface area contributed by atoms with Crippen molar-refractivity contribution in [1.82, 2.24) is 14.9 Å². The van der Waals surface area contributed by atoms with E-state index in [9.17, 15) is 4.79 Å². The molecule has 0 saturated carbocycles. The Labute approximate surface area is 108 Å². The van der Waals surface area contributed by atoms with E-state index in [2.05, 4.69) is 15.4 Å². The van der Waals surface area contributed by atoms with Gasteiger partial charge in [-0.25, -0.2) is 15.8 Å². The SMILES string of the molecule is CN(Cc1cscn1)C(=O)c1cccc(NN)n1. The molecule has 0 bridgehead atoms. The number of nitrogen functional groups attached to an aromatic ring is 1. The van der Waals surface area contributed by atoms with E-state index in [1.807, 2.05) is 5.38 Å². The zero-order valence-electron chi connectivity index (χ0n) is 9.83. The minimum Gasteiger partial charge on any atom is -0.334 e. The smallest absolute Gasteiger partial charge is 0.272 e. The molecule has 0 aliphatic heterocycles. The van der Waals surface area contributed by atoms with Crippen LogP contribution in [0, 0.1) is 0 Å². The van der Waals surface area contributed by atoms with Crippen LogP contribution in [-0.4, -0.2) is 27.8 Å². The Bertz CT molecular complexity index is 528. The van der Waals surface area contributed by atoms with E-state index in [-0.39, 0.29) is 5.91 Å². The largest absolute Gasteiger partial charge is 0.334 e. The Balaban J connectivity index is 2.10. The van der Waals surface area contributed by atoms with E-state index in [1.165, 1.54) is 11.3 Å². The number of anilines is 1. The summed E-state index contributed by atoms with van der Waals surface area (Å²) in [6.45, 7) is 0.463. The number of aromatic nitrogens is 2. The number of nitrogens with zero attached hydrogens (tertiary/aromatic N) is 3. The first-order valence-corrected chi connectivity index (χ1v) is 6.21. The maximum absolute atomic E-state index is 12.1. The monoisotopic (exact) mass is 263 g/mol. The van der Waals surface area contributed by atoms with Gasteiger partial charge in [0, 0.05) is 12.4 Å². The Morgan fingerprint density at radius 2 is 2.39 bits per heavy atom.